The first kappa shape index (κ1) is 41.3. The van der Waals surface area contributed by atoms with Crippen LogP contribution in [-0.4, -0.2) is 0 Å². The second-order valence-electron chi connectivity index (χ2n) is 13.5. The Hall–Kier alpha value is -6.87. The van der Waals surface area contributed by atoms with Crippen molar-refractivity contribution in [1.82, 2.24) is 0 Å². The molecule has 0 spiro atoms. The van der Waals surface area contributed by atoms with Crippen molar-refractivity contribution in [2.24, 2.45) is 0 Å². The van der Waals surface area contributed by atoms with Crippen LogP contribution in [0.3, 0.4) is 0 Å². The lowest BCUT2D eigenvalue weighted by Gasteiger charge is -2.13. The van der Waals surface area contributed by atoms with Crippen LogP contribution in [0.25, 0.3) is 0 Å². The van der Waals surface area contributed by atoms with Crippen LogP contribution in [0.4, 0.5) is 0 Å². The van der Waals surface area contributed by atoms with Gasteiger partial charge < -0.3 is 0 Å². The van der Waals surface area contributed by atoms with Crippen LogP contribution in [0.15, 0.2) is 237 Å². The first-order valence-corrected chi connectivity index (χ1v) is 24.4. The molecule has 0 saturated heterocycles. The Morgan fingerprint density at radius 2 is 0.433 bits per heavy atom. The van der Waals surface area contributed by atoms with Crippen molar-refractivity contribution >= 4 is 53.3 Å². The molecule has 3 nitrogen and oxygen atoms in total. The summed E-state index contributed by atoms with van der Waals surface area (Å²) in [5.41, 5.74) is 11.5. The van der Waals surface area contributed by atoms with Gasteiger partial charge in [-0.15, -0.1) is 0 Å². The van der Waals surface area contributed by atoms with Crippen molar-refractivity contribution in [3.05, 3.63) is 253 Å². The molecule has 0 aromatic heterocycles. The van der Waals surface area contributed by atoms with Gasteiger partial charge in [0.2, 0.25) is 21.4 Å². The fourth-order valence-electron chi connectivity index (χ4n) is 6.29. The monoisotopic (exact) mass is 828 g/mol. The molecule has 0 N–H and O–H groups in total. The molecule has 0 heterocycles. The lowest BCUT2D eigenvalue weighted by atomic mass is 10.1. The van der Waals surface area contributed by atoms with Gasteiger partial charge in [-0.3, -0.25) is 13.7 Å². The van der Waals surface area contributed by atoms with Gasteiger partial charge in [0.15, 0.2) is 0 Å². The third-order valence-corrected chi connectivity index (χ3v) is 16.9. The Morgan fingerprint density at radius 1 is 0.233 bits per heavy atom. The van der Waals surface area contributed by atoms with Crippen molar-refractivity contribution in [3.8, 4) is 34.7 Å². The molecule has 0 fully saturated rings. The molecule has 0 aliphatic heterocycles. The quantitative estimate of drug-likeness (QED) is 0.124. The van der Waals surface area contributed by atoms with Gasteiger partial charge in [-0.05, 0) is 47.3 Å². The van der Waals surface area contributed by atoms with E-state index < -0.39 is 21.4 Å². The van der Waals surface area contributed by atoms with E-state index in [1.807, 2.05) is 237 Å². The molecule has 0 aliphatic carbocycles. The van der Waals surface area contributed by atoms with Gasteiger partial charge in [-0.25, -0.2) is 0 Å². The van der Waals surface area contributed by atoms with E-state index in [9.17, 15) is 13.7 Å². The lowest BCUT2D eigenvalue weighted by Crippen LogP contribution is -2.14. The third kappa shape index (κ3) is 10.0. The van der Waals surface area contributed by atoms with Crippen LogP contribution in [0.2, 0.25) is 0 Å². The van der Waals surface area contributed by atoms with Gasteiger partial charge >= 0.3 is 0 Å². The molecule has 8 rings (SSSR count). The number of benzene rings is 8. The van der Waals surface area contributed by atoms with E-state index in [1.165, 1.54) is 0 Å². The standard InChI is InChI=1S/C34H24O2P2.C20H15OP/c35-37(31-16-5-1-6-17-31,32-18-7-2-8-19-32)26-24-29-14-13-15-30(28-29)25-27-38(36,33-20-9-3-10-21-33)34-22-11-4-12-23-34;21-22(19-12-6-2-7-13-19,20-14-8-3-9-15-20)17-16-18-10-4-1-5-11-18/h1-23,28H;1-15H. The highest BCUT2D eigenvalue weighted by Gasteiger charge is 2.26. The zero-order valence-electron chi connectivity index (χ0n) is 32.6. The molecule has 0 bridgehead atoms. The Morgan fingerprint density at radius 3 is 0.683 bits per heavy atom. The number of hydrogen-bond acceptors (Lipinski definition) is 3. The summed E-state index contributed by atoms with van der Waals surface area (Å²) in [6.07, 6.45) is 0. The van der Waals surface area contributed by atoms with Gasteiger partial charge in [-0.2, -0.15) is 0 Å². The first-order chi connectivity index (χ1) is 29.4. The van der Waals surface area contributed by atoms with Crippen molar-refractivity contribution < 1.29 is 13.7 Å². The summed E-state index contributed by atoms with van der Waals surface area (Å²) in [6.45, 7) is 0. The summed E-state index contributed by atoms with van der Waals surface area (Å²) in [5.74, 6) is 9.34. The molecule has 0 saturated carbocycles. The maximum Gasteiger partial charge on any atom is 0.211 e. The Kier molecular flexibility index (Phi) is 13.6. The van der Waals surface area contributed by atoms with Gasteiger partial charge in [0.1, 0.15) is 0 Å². The maximum absolute atomic E-state index is 14.2. The van der Waals surface area contributed by atoms with Gasteiger partial charge in [0.25, 0.3) is 0 Å². The summed E-state index contributed by atoms with van der Waals surface area (Å²) in [4.78, 5) is 0. The Labute approximate surface area is 353 Å². The van der Waals surface area contributed by atoms with Crippen LogP contribution in [0.5, 0.6) is 0 Å². The largest absolute Gasteiger partial charge is 0.300 e. The second-order valence-corrected chi connectivity index (χ2v) is 20.9. The predicted molar refractivity (Wildman–Crippen MR) is 253 cm³/mol. The number of rotatable bonds is 6. The molecule has 8 aromatic carbocycles. The zero-order valence-corrected chi connectivity index (χ0v) is 35.3. The summed E-state index contributed by atoms with van der Waals surface area (Å²) >= 11 is 0. The molecule has 0 amide bonds. The van der Waals surface area contributed by atoms with E-state index in [0.717, 1.165) is 16.2 Å². The van der Waals surface area contributed by atoms with E-state index >= 15 is 0 Å². The van der Waals surface area contributed by atoms with Gasteiger partial charge in [-0.1, -0.05) is 224 Å². The average molecular weight is 829 g/mol. The summed E-state index contributed by atoms with van der Waals surface area (Å²) in [6, 6.07) is 73.5. The summed E-state index contributed by atoms with van der Waals surface area (Å²) in [7, 11) is -9.29. The highest BCUT2D eigenvalue weighted by Crippen LogP contribution is 2.44. The van der Waals surface area contributed by atoms with Crippen molar-refractivity contribution in [2.45, 2.75) is 0 Å². The van der Waals surface area contributed by atoms with E-state index in [2.05, 4.69) is 34.7 Å². The highest BCUT2D eigenvalue weighted by atomic mass is 31.2. The van der Waals surface area contributed by atoms with Crippen molar-refractivity contribution in [3.63, 3.8) is 0 Å². The average Bonchev–Trinajstić information content (AvgIpc) is 3.34. The predicted octanol–water partition coefficient (Wildman–Crippen LogP) is 10.3. The Balaban J connectivity index is 0.000000210. The van der Waals surface area contributed by atoms with Gasteiger partial charge in [0.05, 0.1) is 0 Å². The SMILES string of the molecule is O=P(C#Cc1cccc(C#CP(=O)(c2ccccc2)c2ccccc2)c1)(c1ccccc1)c1ccccc1.O=P(C#Cc1ccccc1)(c1ccccc1)c1ccccc1. The lowest BCUT2D eigenvalue weighted by molar-refractivity contribution is 0.592. The van der Waals surface area contributed by atoms with E-state index in [0.29, 0.717) is 32.3 Å². The highest BCUT2D eigenvalue weighted by molar-refractivity contribution is 7.84. The molecule has 0 atom stereocenters. The second kappa shape index (κ2) is 19.7. The summed E-state index contributed by atoms with van der Waals surface area (Å²) < 4.78 is 42.0. The molecule has 8 aromatic rings. The van der Waals surface area contributed by atoms with Crippen LogP contribution < -0.4 is 31.8 Å². The van der Waals surface area contributed by atoms with E-state index in [-0.39, 0.29) is 0 Å². The van der Waals surface area contributed by atoms with E-state index in [4.69, 9.17) is 0 Å². The Bertz CT molecular complexity index is 2740. The minimum absolute atomic E-state index is 0.693. The van der Waals surface area contributed by atoms with E-state index in [1.54, 1.807) is 0 Å². The molecular formula is C54H39O3P3. The first-order valence-electron chi connectivity index (χ1n) is 19.3. The van der Waals surface area contributed by atoms with Crippen molar-refractivity contribution in [1.29, 1.82) is 0 Å². The van der Waals surface area contributed by atoms with Crippen LogP contribution in [-0.2, 0) is 13.7 Å². The molecule has 288 valence electrons. The molecule has 0 unspecified atom stereocenters. The molecule has 60 heavy (non-hydrogen) atoms. The molecule has 0 aliphatic rings. The molecular weight excluding hydrogens is 790 g/mol. The smallest absolute Gasteiger partial charge is 0.211 e. The number of hydrogen-bond donors (Lipinski definition) is 0. The maximum atomic E-state index is 14.2. The minimum atomic E-state index is -3.17. The molecule has 0 radical (unpaired) electrons. The van der Waals surface area contributed by atoms with Crippen molar-refractivity contribution in [2.75, 3.05) is 0 Å². The minimum Gasteiger partial charge on any atom is -0.300 e. The zero-order chi connectivity index (χ0) is 41.5. The molecule has 6 heteroatoms. The van der Waals surface area contributed by atoms with Gasteiger partial charge in [0, 0.05) is 48.5 Å². The van der Waals surface area contributed by atoms with Crippen LogP contribution >= 0.6 is 21.4 Å². The fraction of sp³-hybridized carbons (Fsp3) is 0. The van der Waals surface area contributed by atoms with Crippen LogP contribution in [0.1, 0.15) is 16.7 Å². The fourth-order valence-corrected chi connectivity index (χ4v) is 12.4. The van der Waals surface area contributed by atoms with Crippen LogP contribution in [0, 0.1) is 34.7 Å². The summed E-state index contributed by atoms with van der Waals surface area (Å²) in [5, 5.41) is 4.32. The third-order valence-electron chi connectivity index (χ3n) is 9.43. The topological polar surface area (TPSA) is 51.2 Å². The normalized spacial score (nSPS) is 10.8.